The van der Waals surface area contributed by atoms with Gasteiger partial charge in [0, 0.05) is 17.2 Å². The second kappa shape index (κ2) is 6.67. The Kier molecular flexibility index (Phi) is 4.68. The molecule has 0 unspecified atom stereocenters. The number of nitrogens with zero attached hydrogens (tertiary/aromatic N) is 1. The van der Waals surface area contributed by atoms with Gasteiger partial charge in [0.25, 0.3) is 5.69 Å². The first-order valence-corrected chi connectivity index (χ1v) is 6.42. The molecule has 0 aliphatic carbocycles. The van der Waals surface area contributed by atoms with E-state index in [2.05, 4.69) is 5.32 Å². The molecule has 1 N–H and O–H groups in total. The highest BCUT2D eigenvalue weighted by atomic mass is 35.5. The van der Waals surface area contributed by atoms with E-state index in [1.807, 2.05) is 30.3 Å². The molecule has 2 aromatic rings. The summed E-state index contributed by atoms with van der Waals surface area (Å²) in [5.74, 6) is -0.454. The molecule has 0 radical (unpaired) electrons. The van der Waals surface area contributed by atoms with Crippen molar-refractivity contribution in [3.05, 3.63) is 75.3 Å². The van der Waals surface area contributed by atoms with Crippen LogP contribution < -0.4 is 5.32 Å². The summed E-state index contributed by atoms with van der Waals surface area (Å²) in [4.78, 5) is 22.1. The van der Waals surface area contributed by atoms with Gasteiger partial charge >= 0.3 is 0 Å². The van der Waals surface area contributed by atoms with E-state index in [1.165, 1.54) is 24.3 Å². The predicted molar refractivity (Wildman–Crippen MR) is 82.2 cm³/mol. The maximum Gasteiger partial charge on any atom is 0.294 e. The topological polar surface area (TPSA) is 72.2 Å². The van der Waals surface area contributed by atoms with Crippen molar-refractivity contribution in [3.8, 4) is 0 Å². The first-order valence-electron chi connectivity index (χ1n) is 6.04. The van der Waals surface area contributed by atoms with Crippen LogP contribution in [-0.4, -0.2) is 10.8 Å². The fourth-order valence-electron chi connectivity index (χ4n) is 1.67. The zero-order chi connectivity index (χ0) is 15.2. The van der Waals surface area contributed by atoms with Gasteiger partial charge in [-0.1, -0.05) is 41.9 Å². The minimum atomic E-state index is -0.595. The quantitative estimate of drug-likeness (QED) is 0.529. The number of carbonyl (C=O) groups excluding carboxylic acids is 1. The smallest absolute Gasteiger partial charge is 0.294 e. The van der Waals surface area contributed by atoms with Crippen molar-refractivity contribution in [1.29, 1.82) is 0 Å². The first-order chi connectivity index (χ1) is 10.1. The van der Waals surface area contributed by atoms with Crippen molar-refractivity contribution in [2.75, 3.05) is 5.32 Å². The Morgan fingerprint density at radius 3 is 2.57 bits per heavy atom. The molecule has 0 spiro atoms. The molecule has 0 atom stereocenters. The molecule has 0 aromatic heterocycles. The van der Waals surface area contributed by atoms with Gasteiger partial charge in [-0.2, -0.15) is 0 Å². The number of hydrogen-bond donors (Lipinski definition) is 1. The largest absolute Gasteiger partial charge is 0.317 e. The summed E-state index contributed by atoms with van der Waals surface area (Å²) in [6.07, 6.45) is 2.94. The van der Waals surface area contributed by atoms with E-state index < -0.39 is 10.8 Å². The van der Waals surface area contributed by atoms with Gasteiger partial charge in [-0.25, -0.2) is 0 Å². The minimum Gasteiger partial charge on any atom is -0.317 e. The van der Waals surface area contributed by atoms with E-state index in [0.717, 1.165) is 5.56 Å². The van der Waals surface area contributed by atoms with Crippen LogP contribution in [0.3, 0.4) is 0 Å². The van der Waals surface area contributed by atoms with Gasteiger partial charge < -0.3 is 5.32 Å². The molecule has 0 bridgehead atoms. The van der Waals surface area contributed by atoms with Crippen LogP contribution in [0.15, 0.2) is 54.6 Å². The van der Waals surface area contributed by atoms with Crippen molar-refractivity contribution in [2.45, 2.75) is 0 Å². The highest BCUT2D eigenvalue weighted by Crippen LogP contribution is 2.27. The molecular formula is C15H11ClN2O3. The van der Waals surface area contributed by atoms with E-state index in [-0.39, 0.29) is 16.4 Å². The number of nitro benzene ring substituents is 1. The second-order valence-corrected chi connectivity index (χ2v) is 4.59. The van der Waals surface area contributed by atoms with Gasteiger partial charge in [-0.15, -0.1) is 0 Å². The summed E-state index contributed by atoms with van der Waals surface area (Å²) in [6, 6.07) is 13.3. The summed E-state index contributed by atoms with van der Waals surface area (Å²) in [5, 5.41) is 13.6. The number of halogens is 1. The zero-order valence-corrected chi connectivity index (χ0v) is 11.6. The third-order valence-electron chi connectivity index (χ3n) is 2.64. The molecule has 2 aromatic carbocycles. The van der Waals surface area contributed by atoms with E-state index in [1.54, 1.807) is 6.08 Å². The number of hydrogen-bond acceptors (Lipinski definition) is 3. The van der Waals surface area contributed by atoms with E-state index >= 15 is 0 Å². The van der Waals surface area contributed by atoms with E-state index in [9.17, 15) is 14.9 Å². The SMILES string of the molecule is O=C(C=Cc1ccccc1)Nc1ccc(Cl)cc1[N+](=O)[O-]. The van der Waals surface area contributed by atoms with Crippen molar-refractivity contribution in [3.63, 3.8) is 0 Å². The lowest BCUT2D eigenvalue weighted by atomic mass is 10.2. The Bertz CT molecular complexity index is 699. The van der Waals surface area contributed by atoms with Crippen LogP contribution in [-0.2, 0) is 4.79 Å². The standard InChI is InChI=1S/C15H11ClN2O3/c16-12-7-8-13(14(10-12)18(20)21)17-15(19)9-6-11-4-2-1-3-5-11/h1-10H,(H,17,19). The molecular weight excluding hydrogens is 292 g/mol. The molecule has 0 fully saturated rings. The minimum absolute atomic E-state index is 0.104. The average molecular weight is 303 g/mol. The van der Waals surface area contributed by atoms with Crippen LogP contribution >= 0.6 is 11.6 Å². The zero-order valence-electron chi connectivity index (χ0n) is 10.8. The predicted octanol–water partition coefficient (Wildman–Crippen LogP) is 3.90. The van der Waals surface area contributed by atoms with E-state index in [4.69, 9.17) is 11.6 Å². The third-order valence-corrected chi connectivity index (χ3v) is 2.88. The Hall–Kier alpha value is -2.66. The average Bonchev–Trinajstić information content (AvgIpc) is 2.48. The number of nitro groups is 1. The number of anilines is 1. The molecule has 0 saturated carbocycles. The van der Waals surface area contributed by atoms with Gasteiger partial charge in [-0.05, 0) is 23.8 Å². The van der Waals surface area contributed by atoms with Gasteiger partial charge in [0.15, 0.2) is 0 Å². The summed E-state index contributed by atoms with van der Waals surface area (Å²) in [5.41, 5.74) is 0.717. The number of nitrogens with one attached hydrogen (secondary N) is 1. The Labute approximate surface area is 126 Å². The molecule has 0 aliphatic heterocycles. The third kappa shape index (κ3) is 4.15. The number of amides is 1. The summed E-state index contributed by atoms with van der Waals surface area (Å²) >= 11 is 5.71. The molecule has 1 amide bonds. The van der Waals surface area contributed by atoms with Crippen LogP contribution in [0.2, 0.25) is 5.02 Å². The molecule has 0 saturated heterocycles. The molecule has 0 aliphatic rings. The lowest BCUT2D eigenvalue weighted by molar-refractivity contribution is -0.383. The number of benzene rings is 2. The fraction of sp³-hybridized carbons (Fsp3) is 0. The van der Waals surface area contributed by atoms with Gasteiger partial charge in [0.05, 0.1) is 4.92 Å². The molecule has 21 heavy (non-hydrogen) atoms. The molecule has 2 rings (SSSR count). The lowest BCUT2D eigenvalue weighted by Crippen LogP contribution is -2.09. The molecule has 0 heterocycles. The highest BCUT2D eigenvalue weighted by molar-refractivity contribution is 6.31. The van der Waals surface area contributed by atoms with Crippen molar-refractivity contribution in [2.24, 2.45) is 0 Å². The second-order valence-electron chi connectivity index (χ2n) is 4.15. The van der Waals surface area contributed by atoms with Crippen LogP contribution in [0.4, 0.5) is 11.4 Å². The maximum absolute atomic E-state index is 11.8. The van der Waals surface area contributed by atoms with E-state index in [0.29, 0.717) is 0 Å². The molecule has 6 heteroatoms. The fourth-order valence-corrected chi connectivity index (χ4v) is 1.84. The van der Waals surface area contributed by atoms with Crippen molar-refractivity contribution >= 4 is 35.0 Å². The Morgan fingerprint density at radius 1 is 1.19 bits per heavy atom. The number of carbonyl (C=O) groups is 1. The highest BCUT2D eigenvalue weighted by Gasteiger charge is 2.15. The monoisotopic (exact) mass is 302 g/mol. The lowest BCUT2D eigenvalue weighted by Gasteiger charge is -2.03. The van der Waals surface area contributed by atoms with Gasteiger partial charge in [0.2, 0.25) is 5.91 Å². The van der Waals surface area contributed by atoms with Crippen LogP contribution in [0.5, 0.6) is 0 Å². The Morgan fingerprint density at radius 2 is 1.90 bits per heavy atom. The van der Waals surface area contributed by atoms with Gasteiger partial charge in [-0.3, -0.25) is 14.9 Å². The van der Waals surface area contributed by atoms with Crippen LogP contribution in [0.1, 0.15) is 5.56 Å². The van der Waals surface area contributed by atoms with Crippen LogP contribution in [0, 0.1) is 10.1 Å². The normalized spacial score (nSPS) is 10.5. The summed E-state index contributed by atoms with van der Waals surface area (Å²) in [6.45, 7) is 0. The summed E-state index contributed by atoms with van der Waals surface area (Å²) < 4.78 is 0. The molecule has 106 valence electrons. The van der Waals surface area contributed by atoms with Crippen molar-refractivity contribution in [1.82, 2.24) is 0 Å². The Balaban J connectivity index is 2.13. The van der Waals surface area contributed by atoms with Crippen LogP contribution in [0.25, 0.3) is 6.08 Å². The molecule has 5 nitrogen and oxygen atoms in total. The van der Waals surface area contributed by atoms with Crippen molar-refractivity contribution < 1.29 is 9.72 Å². The van der Waals surface area contributed by atoms with Gasteiger partial charge in [0.1, 0.15) is 5.69 Å². The first kappa shape index (κ1) is 14.7. The maximum atomic E-state index is 11.8. The number of rotatable bonds is 4. The summed E-state index contributed by atoms with van der Waals surface area (Å²) in [7, 11) is 0.